The first kappa shape index (κ1) is 24.0. The van der Waals surface area contributed by atoms with Crippen molar-refractivity contribution >= 4 is 27.5 Å². The SMILES string of the molecule is Cc1ccc(C)c(S(=O)(=O)Nc2ccccc2C(=O)NCCNC(=O)Cc2ccccc2)c1. The highest BCUT2D eigenvalue weighted by atomic mass is 32.2. The van der Waals surface area contributed by atoms with Crippen molar-refractivity contribution in [3.8, 4) is 0 Å². The van der Waals surface area contributed by atoms with Crippen LogP contribution in [-0.4, -0.2) is 33.3 Å². The summed E-state index contributed by atoms with van der Waals surface area (Å²) in [5.41, 5.74) is 2.72. The molecule has 0 unspecified atom stereocenters. The van der Waals surface area contributed by atoms with Gasteiger partial charge < -0.3 is 10.6 Å². The number of benzene rings is 3. The zero-order valence-corrected chi connectivity index (χ0v) is 19.4. The van der Waals surface area contributed by atoms with E-state index in [2.05, 4.69) is 15.4 Å². The molecule has 7 nitrogen and oxygen atoms in total. The predicted octanol–water partition coefficient (Wildman–Crippen LogP) is 3.19. The zero-order valence-electron chi connectivity index (χ0n) is 18.6. The molecule has 8 heteroatoms. The Labute approximate surface area is 194 Å². The largest absolute Gasteiger partial charge is 0.354 e. The molecule has 33 heavy (non-hydrogen) atoms. The summed E-state index contributed by atoms with van der Waals surface area (Å²) in [5, 5.41) is 5.47. The van der Waals surface area contributed by atoms with Crippen molar-refractivity contribution in [3.05, 3.63) is 95.1 Å². The van der Waals surface area contributed by atoms with Gasteiger partial charge in [0, 0.05) is 13.1 Å². The topological polar surface area (TPSA) is 104 Å². The third kappa shape index (κ3) is 6.66. The van der Waals surface area contributed by atoms with E-state index in [1.54, 1.807) is 43.3 Å². The molecule has 0 saturated heterocycles. The fraction of sp³-hybridized carbons (Fsp3) is 0.200. The fourth-order valence-electron chi connectivity index (χ4n) is 3.28. The molecular formula is C25H27N3O4S. The minimum absolute atomic E-state index is 0.142. The van der Waals surface area contributed by atoms with E-state index in [0.717, 1.165) is 11.1 Å². The average molecular weight is 466 g/mol. The van der Waals surface area contributed by atoms with Crippen LogP contribution in [0.2, 0.25) is 0 Å². The van der Waals surface area contributed by atoms with E-state index in [9.17, 15) is 18.0 Å². The predicted molar refractivity (Wildman–Crippen MR) is 129 cm³/mol. The highest BCUT2D eigenvalue weighted by molar-refractivity contribution is 7.92. The monoisotopic (exact) mass is 465 g/mol. The molecule has 0 aliphatic heterocycles. The van der Waals surface area contributed by atoms with E-state index in [1.807, 2.05) is 43.3 Å². The van der Waals surface area contributed by atoms with Crippen LogP contribution in [0.4, 0.5) is 5.69 Å². The molecular weight excluding hydrogens is 438 g/mol. The summed E-state index contributed by atoms with van der Waals surface area (Å²) in [6.45, 7) is 4.00. The summed E-state index contributed by atoms with van der Waals surface area (Å²) in [6, 6.07) is 21.0. The van der Waals surface area contributed by atoms with Crippen molar-refractivity contribution in [1.82, 2.24) is 10.6 Å². The van der Waals surface area contributed by atoms with Crippen LogP contribution >= 0.6 is 0 Å². The van der Waals surface area contributed by atoms with Crippen LogP contribution < -0.4 is 15.4 Å². The van der Waals surface area contributed by atoms with Gasteiger partial charge in [-0.2, -0.15) is 0 Å². The van der Waals surface area contributed by atoms with Crippen LogP contribution in [0.1, 0.15) is 27.0 Å². The molecule has 0 heterocycles. The maximum absolute atomic E-state index is 12.9. The number of sulfonamides is 1. The van der Waals surface area contributed by atoms with Gasteiger partial charge in [-0.15, -0.1) is 0 Å². The Bertz CT molecular complexity index is 1240. The van der Waals surface area contributed by atoms with Crippen molar-refractivity contribution in [2.45, 2.75) is 25.2 Å². The van der Waals surface area contributed by atoms with E-state index in [-0.39, 0.29) is 41.6 Å². The van der Waals surface area contributed by atoms with Crippen molar-refractivity contribution in [3.63, 3.8) is 0 Å². The molecule has 0 saturated carbocycles. The summed E-state index contributed by atoms with van der Waals surface area (Å²) >= 11 is 0. The van der Waals surface area contributed by atoms with E-state index < -0.39 is 15.9 Å². The number of para-hydroxylation sites is 1. The van der Waals surface area contributed by atoms with Gasteiger partial charge in [0.25, 0.3) is 15.9 Å². The van der Waals surface area contributed by atoms with Gasteiger partial charge in [-0.1, -0.05) is 54.6 Å². The fourth-order valence-corrected chi connectivity index (χ4v) is 4.69. The number of rotatable bonds is 9. The van der Waals surface area contributed by atoms with E-state index >= 15 is 0 Å². The lowest BCUT2D eigenvalue weighted by Gasteiger charge is -2.14. The number of carbonyl (C=O) groups excluding carboxylic acids is 2. The second-order valence-electron chi connectivity index (χ2n) is 7.69. The number of hydrogen-bond donors (Lipinski definition) is 3. The summed E-state index contributed by atoms with van der Waals surface area (Å²) < 4.78 is 28.4. The van der Waals surface area contributed by atoms with E-state index in [1.165, 1.54) is 0 Å². The smallest absolute Gasteiger partial charge is 0.262 e. The maximum atomic E-state index is 12.9. The van der Waals surface area contributed by atoms with Gasteiger partial charge in [0.15, 0.2) is 0 Å². The first-order valence-electron chi connectivity index (χ1n) is 10.5. The number of hydrogen-bond acceptors (Lipinski definition) is 4. The second kappa shape index (κ2) is 10.8. The van der Waals surface area contributed by atoms with Gasteiger partial charge in [-0.25, -0.2) is 8.42 Å². The van der Waals surface area contributed by atoms with Gasteiger partial charge in [-0.3, -0.25) is 14.3 Å². The molecule has 0 fully saturated rings. The van der Waals surface area contributed by atoms with Crippen LogP contribution in [0.15, 0.2) is 77.7 Å². The Morgan fingerprint density at radius 2 is 1.48 bits per heavy atom. The molecule has 2 amide bonds. The molecule has 0 aliphatic carbocycles. The standard InChI is InChI=1S/C25H27N3O4S/c1-18-12-13-19(2)23(16-18)33(31,32)28-22-11-7-6-10-21(22)25(30)27-15-14-26-24(29)17-20-8-4-3-5-9-20/h3-13,16,28H,14-15,17H2,1-2H3,(H,26,29)(H,27,30). The number of anilines is 1. The average Bonchev–Trinajstić information content (AvgIpc) is 2.79. The van der Waals surface area contributed by atoms with Crippen LogP contribution in [0.5, 0.6) is 0 Å². The maximum Gasteiger partial charge on any atom is 0.262 e. The minimum Gasteiger partial charge on any atom is -0.354 e. The Hall–Kier alpha value is -3.65. The van der Waals surface area contributed by atoms with E-state index in [4.69, 9.17) is 0 Å². The molecule has 172 valence electrons. The lowest BCUT2D eigenvalue weighted by molar-refractivity contribution is -0.120. The normalized spacial score (nSPS) is 11.0. The van der Waals surface area contributed by atoms with Crippen molar-refractivity contribution in [2.24, 2.45) is 0 Å². The second-order valence-corrected chi connectivity index (χ2v) is 9.34. The molecule has 0 radical (unpaired) electrons. The van der Waals surface area contributed by atoms with Gasteiger partial charge in [0.05, 0.1) is 22.6 Å². The van der Waals surface area contributed by atoms with Gasteiger partial charge in [0.1, 0.15) is 0 Å². The van der Waals surface area contributed by atoms with Crippen molar-refractivity contribution < 1.29 is 18.0 Å². The lowest BCUT2D eigenvalue weighted by Crippen LogP contribution is -2.35. The highest BCUT2D eigenvalue weighted by Gasteiger charge is 2.20. The highest BCUT2D eigenvalue weighted by Crippen LogP contribution is 2.23. The minimum atomic E-state index is -3.88. The lowest BCUT2D eigenvalue weighted by atomic mass is 10.1. The Balaban J connectivity index is 1.60. The number of carbonyl (C=O) groups is 2. The molecule has 0 aliphatic rings. The first-order valence-corrected chi connectivity index (χ1v) is 12.0. The summed E-state index contributed by atoms with van der Waals surface area (Å²) in [5.74, 6) is -0.580. The Morgan fingerprint density at radius 1 is 0.818 bits per heavy atom. The van der Waals surface area contributed by atoms with Crippen LogP contribution in [0, 0.1) is 13.8 Å². The number of amides is 2. The molecule has 3 N–H and O–H groups in total. The molecule has 0 aromatic heterocycles. The molecule has 0 atom stereocenters. The van der Waals surface area contributed by atoms with Crippen molar-refractivity contribution in [2.75, 3.05) is 17.8 Å². The number of aryl methyl sites for hydroxylation is 2. The summed E-state index contributed by atoms with van der Waals surface area (Å²) in [7, 11) is -3.88. The third-order valence-electron chi connectivity index (χ3n) is 4.99. The summed E-state index contributed by atoms with van der Waals surface area (Å²) in [4.78, 5) is 24.9. The molecule has 3 aromatic rings. The molecule has 3 aromatic carbocycles. The van der Waals surface area contributed by atoms with Gasteiger partial charge in [0.2, 0.25) is 5.91 Å². The molecule has 3 rings (SSSR count). The molecule has 0 spiro atoms. The van der Waals surface area contributed by atoms with Gasteiger partial charge in [-0.05, 0) is 48.7 Å². The Kier molecular flexibility index (Phi) is 7.84. The van der Waals surface area contributed by atoms with E-state index in [0.29, 0.717) is 5.56 Å². The van der Waals surface area contributed by atoms with Crippen LogP contribution in [0.25, 0.3) is 0 Å². The number of nitrogens with one attached hydrogen (secondary N) is 3. The third-order valence-corrected chi connectivity index (χ3v) is 6.50. The van der Waals surface area contributed by atoms with Crippen molar-refractivity contribution in [1.29, 1.82) is 0 Å². The van der Waals surface area contributed by atoms with Crippen LogP contribution in [-0.2, 0) is 21.2 Å². The zero-order chi connectivity index (χ0) is 23.8. The molecule has 0 bridgehead atoms. The van der Waals surface area contributed by atoms with Gasteiger partial charge >= 0.3 is 0 Å². The quantitative estimate of drug-likeness (QED) is 0.422. The summed E-state index contributed by atoms with van der Waals surface area (Å²) in [6.07, 6.45) is 0.262. The first-order chi connectivity index (χ1) is 15.8. The van der Waals surface area contributed by atoms with Crippen LogP contribution in [0.3, 0.4) is 0 Å². The Morgan fingerprint density at radius 3 is 2.24 bits per heavy atom.